The number of anilines is 1. The Morgan fingerprint density at radius 2 is 2.12 bits per heavy atom. The van der Waals surface area contributed by atoms with Gasteiger partial charge in [0.2, 0.25) is 11.7 Å². The third-order valence-corrected chi connectivity index (χ3v) is 5.97. The Hall–Kier alpha value is -3.95. The summed E-state index contributed by atoms with van der Waals surface area (Å²) in [6.07, 6.45) is 12.3. The summed E-state index contributed by atoms with van der Waals surface area (Å²) in [4.78, 5) is 30.3. The first-order valence-corrected chi connectivity index (χ1v) is 11.0. The monoisotopic (exact) mass is 442 g/mol. The summed E-state index contributed by atoms with van der Waals surface area (Å²) in [5, 5.41) is 10.8. The molecule has 1 unspecified atom stereocenters. The molecule has 2 atom stereocenters. The van der Waals surface area contributed by atoms with E-state index in [0.717, 1.165) is 17.8 Å². The Morgan fingerprint density at radius 1 is 1.21 bits per heavy atom. The maximum Gasteiger partial charge on any atom is 0.234 e. The predicted octanol–water partition coefficient (Wildman–Crippen LogP) is 2.82. The Bertz CT molecular complexity index is 1350. The lowest BCUT2D eigenvalue weighted by atomic mass is 10.2. The van der Waals surface area contributed by atoms with Crippen molar-refractivity contribution in [1.82, 2.24) is 34.5 Å². The molecule has 2 aliphatic rings. The SMILES string of the molecule is Cc1ccnc(C2C[C@@H]2C(=O)Nc2cc(OCc3cn4cc(C5CC5)cnc4n3)cnn2)n1. The van der Waals surface area contributed by atoms with Crippen LogP contribution in [0.1, 0.15) is 53.9 Å². The number of hydrogen-bond donors (Lipinski definition) is 1. The van der Waals surface area contributed by atoms with Crippen molar-refractivity contribution in [2.45, 2.75) is 44.6 Å². The lowest BCUT2D eigenvalue weighted by Gasteiger charge is -2.07. The van der Waals surface area contributed by atoms with E-state index in [-0.39, 0.29) is 24.3 Å². The van der Waals surface area contributed by atoms with Gasteiger partial charge in [0.1, 0.15) is 18.2 Å². The molecule has 0 radical (unpaired) electrons. The highest BCUT2D eigenvalue weighted by Crippen LogP contribution is 2.46. The molecular weight excluding hydrogens is 420 g/mol. The smallest absolute Gasteiger partial charge is 0.234 e. The van der Waals surface area contributed by atoms with E-state index >= 15 is 0 Å². The molecule has 0 aromatic carbocycles. The molecule has 1 N–H and O–H groups in total. The number of nitrogens with zero attached hydrogens (tertiary/aromatic N) is 7. The van der Waals surface area contributed by atoms with E-state index in [2.05, 4.69) is 41.6 Å². The van der Waals surface area contributed by atoms with Crippen molar-refractivity contribution in [3.05, 3.63) is 65.9 Å². The van der Waals surface area contributed by atoms with Crippen LogP contribution in [0.15, 0.2) is 43.1 Å². The van der Waals surface area contributed by atoms with Crippen LogP contribution < -0.4 is 10.1 Å². The topological polar surface area (TPSA) is 120 Å². The quantitative estimate of drug-likeness (QED) is 0.464. The van der Waals surface area contributed by atoms with Gasteiger partial charge < -0.3 is 10.1 Å². The van der Waals surface area contributed by atoms with E-state index in [0.29, 0.717) is 29.1 Å². The molecule has 2 saturated carbocycles. The molecule has 0 aliphatic heterocycles. The highest BCUT2D eigenvalue weighted by molar-refractivity contribution is 5.94. The van der Waals surface area contributed by atoms with Crippen LogP contribution in [0, 0.1) is 12.8 Å². The molecule has 1 amide bonds. The summed E-state index contributed by atoms with van der Waals surface area (Å²) >= 11 is 0. The first kappa shape index (κ1) is 19.7. The van der Waals surface area contributed by atoms with Gasteiger partial charge in [0.25, 0.3) is 0 Å². The van der Waals surface area contributed by atoms with Crippen LogP contribution in [0.5, 0.6) is 5.75 Å². The third-order valence-electron chi connectivity index (χ3n) is 5.97. The van der Waals surface area contributed by atoms with Gasteiger partial charge in [-0.1, -0.05) is 0 Å². The Labute approximate surface area is 189 Å². The van der Waals surface area contributed by atoms with Gasteiger partial charge in [-0.2, -0.15) is 5.10 Å². The number of ether oxygens (including phenoxy) is 1. The van der Waals surface area contributed by atoms with Crippen LogP contribution in [0.3, 0.4) is 0 Å². The molecule has 0 spiro atoms. The van der Waals surface area contributed by atoms with E-state index < -0.39 is 0 Å². The van der Waals surface area contributed by atoms with Crippen LogP contribution in [-0.2, 0) is 11.4 Å². The fraction of sp³-hybridized carbons (Fsp3) is 0.348. The second-order valence-electron chi connectivity index (χ2n) is 8.66. The third kappa shape index (κ3) is 4.23. The summed E-state index contributed by atoms with van der Waals surface area (Å²) in [7, 11) is 0. The van der Waals surface area contributed by atoms with Crippen LogP contribution >= 0.6 is 0 Å². The maximum absolute atomic E-state index is 12.6. The zero-order valence-electron chi connectivity index (χ0n) is 18.0. The Morgan fingerprint density at radius 3 is 2.97 bits per heavy atom. The van der Waals surface area contributed by atoms with Gasteiger partial charge in [-0.3, -0.25) is 9.20 Å². The summed E-state index contributed by atoms with van der Waals surface area (Å²) in [6, 6.07) is 3.50. The molecule has 0 bridgehead atoms. The molecule has 0 saturated heterocycles. The summed E-state index contributed by atoms with van der Waals surface area (Å²) in [5.74, 6) is 2.60. The first-order chi connectivity index (χ1) is 16.1. The predicted molar refractivity (Wildman–Crippen MR) is 118 cm³/mol. The lowest BCUT2D eigenvalue weighted by molar-refractivity contribution is -0.117. The van der Waals surface area contributed by atoms with E-state index in [4.69, 9.17) is 4.74 Å². The zero-order valence-corrected chi connectivity index (χ0v) is 18.0. The first-order valence-electron chi connectivity index (χ1n) is 11.0. The molecule has 166 valence electrons. The molecule has 4 aromatic heterocycles. The number of carbonyl (C=O) groups excluding carboxylic acids is 1. The number of fused-ring (bicyclic) bond motifs is 1. The minimum absolute atomic E-state index is 0.0429. The fourth-order valence-electron chi connectivity index (χ4n) is 3.93. The normalized spacial score (nSPS) is 19.4. The number of amides is 1. The maximum atomic E-state index is 12.6. The number of hydrogen-bond acceptors (Lipinski definition) is 8. The Kier molecular flexibility index (Phi) is 4.70. The zero-order chi connectivity index (χ0) is 22.4. The van der Waals surface area contributed by atoms with E-state index in [1.165, 1.54) is 24.6 Å². The molecule has 6 rings (SSSR count). The van der Waals surface area contributed by atoms with Crippen molar-refractivity contribution in [1.29, 1.82) is 0 Å². The van der Waals surface area contributed by atoms with E-state index in [9.17, 15) is 4.79 Å². The second-order valence-corrected chi connectivity index (χ2v) is 8.66. The van der Waals surface area contributed by atoms with Crippen LogP contribution in [0.25, 0.3) is 5.78 Å². The Balaban J connectivity index is 1.08. The number of imidazole rings is 1. The number of carbonyl (C=O) groups is 1. The minimum Gasteiger partial charge on any atom is -0.485 e. The number of aromatic nitrogens is 7. The molecule has 2 aliphatic carbocycles. The highest BCUT2D eigenvalue weighted by atomic mass is 16.5. The summed E-state index contributed by atoms with van der Waals surface area (Å²) < 4.78 is 7.77. The van der Waals surface area contributed by atoms with E-state index in [1.54, 1.807) is 12.3 Å². The standard InChI is InChI=1S/C23H22N8O2/c1-13-4-5-24-21(27-13)18-7-19(18)22(32)29-20-6-17(9-26-30-20)33-12-16-11-31-10-15(14-2-3-14)8-25-23(31)28-16/h4-6,8-11,14,18-19H,2-3,7,12H2,1H3,(H,29,30,32)/t18?,19-/m0/s1. The molecule has 4 heterocycles. The number of rotatable bonds is 7. The van der Waals surface area contributed by atoms with Gasteiger partial charge in [0, 0.05) is 48.4 Å². The van der Waals surface area contributed by atoms with Gasteiger partial charge in [-0.05, 0) is 43.7 Å². The van der Waals surface area contributed by atoms with Crippen molar-refractivity contribution >= 4 is 17.5 Å². The van der Waals surface area contributed by atoms with Crippen LogP contribution in [0.2, 0.25) is 0 Å². The lowest BCUT2D eigenvalue weighted by Crippen LogP contribution is -2.16. The average molecular weight is 442 g/mol. The highest BCUT2D eigenvalue weighted by Gasteiger charge is 2.46. The van der Waals surface area contributed by atoms with Gasteiger partial charge in [-0.25, -0.2) is 19.9 Å². The molecule has 10 heteroatoms. The summed E-state index contributed by atoms with van der Waals surface area (Å²) in [5.41, 5.74) is 2.90. The minimum atomic E-state index is -0.163. The van der Waals surface area contributed by atoms with Crippen molar-refractivity contribution in [3.8, 4) is 5.75 Å². The molecule has 2 fully saturated rings. The van der Waals surface area contributed by atoms with E-state index in [1.807, 2.05) is 29.8 Å². The van der Waals surface area contributed by atoms with Gasteiger partial charge in [-0.15, -0.1) is 5.10 Å². The molecular formula is C23H22N8O2. The van der Waals surface area contributed by atoms with Crippen molar-refractivity contribution in [2.75, 3.05) is 5.32 Å². The molecule has 4 aromatic rings. The van der Waals surface area contributed by atoms with Crippen molar-refractivity contribution in [2.24, 2.45) is 5.92 Å². The number of nitrogens with one attached hydrogen (secondary N) is 1. The summed E-state index contributed by atoms with van der Waals surface area (Å²) in [6.45, 7) is 2.18. The van der Waals surface area contributed by atoms with Crippen LogP contribution in [0.4, 0.5) is 5.82 Å². The van der Waals surface area contributed by atoms with Gasteiger partial charge in [0.15, 0.2) is 5.82 Å². The molecule has 10 nitrogen and oxygen atoms in total. The number of aryl methyl sites for hydroxylation is 1. The average Bonchev–Trinajstić information content (AvgIpc) is 3.74. The van der Waals surface area contributed by atoms with Gasteiger partial charge in [0.05, 0.1) is 11.9 Å². The largest absolute Gasteiger partial charge is 0.485 e. The van der Waals surface area contributed by atoms with Crippen molar-refractivity contribution < 1.29 is 9.53 Å². The van der Waals surface area contributed by atoms with Gasteiger partial charge >= 0.3 is 0 Å². The van der Waals surface area contributed by atoms with Crippen LogP contribution in [-0.4, -0.2) is 40.4 Å². The fourth-order valence-corrected chi connectivity index (χ4v) is 3.93. The molecule has 33 heavy (non-hydrogen) atoms. The van der Waals surface area contributed by atoms with Crippen molar-refractivity contribution in [3.63, 3.8) is 0 Å². The second kappa shape index (κ2) is 7.88.